The summed E-state index contributed by atoms with van der Waals surface area (Å²) in [6.45, 7) is 4.65. The number of hydrogen-bond donors (Lipinski definition) is 0. The molecule has 0 spiro atoms. The smallest absolute Gasteiger partial charge is 0.188 e. The van der Waals surface area contributed by atoms with E-state index in [0.29, 0.717) is 10.7 Å². The minimum Gasteiger partial charge on any atom is -0.292 e. The molecule has 0 aromatic carbocycles. The SMILES string of the molecule is CCn1nc(C)cc1CC(=O)c1ncccc1Cl. The van der Waals surface area contributed by atoms with E-state index in [9.17, 15) is 4.79 Å². The molecular formula is C13H14ClN3O. The number of nitrogens with zero attached hydrogens (tertiary/aromatic N) is 3. The van der Waals surface area contributed by atoms with E-state index in [4.69, 9.17) is 11.6 Å². The second-order valence-corrected chi connectivity index (χ2v) is 4.43. The van der Waals surface area contributed by atoms with E-state index in [2.05, 4.69) is 10.1 Å². The fourth-order valence-electron chi connectivity index (χ4n) is 1.85. The molecule has 0 fully saturated rings. The minimum absolute atomic E-state index is 0.0878. The highest BCUT2D eigenvalue weighted by molar-refractivity contribution is 6.33. The van der Waals surface area contributed by atoms with Crippen LogP contribution in [0.4, 0.5) is 0 Å². The van der Waals surface area contributed by atoms with Crippen molar-refractivity contribution in [2.24, 2.45) is 0 Å². The summed E-state index contributed by atoms with van der Waals surface area (Å²) >= 11 is 5.96. The average molecular weight is 264 g/mol. The van der Waals surface area contributed by atoms with Crippen molar-refractivity contribution in [3.05, 3.63) is 46.5 Å². The Morgan fingerprint density at radius 1 is 1.50 bits per heavy atom. The van der Waals surface area contributed by atoms with Gasteiger partial charge in [0, 0.05) is 18.4 Å². The summed E-state index contributed by atoms with van der Waals surface area (Å²) in [6, 6.07) is 5.29. The molecule has 0 saturated carbocycles. The molecule has 0 unspecified atom stereocenters. The summed E-state index contributed by atoms with van der Waals surface area (Å²) in [7, 11) is 0. The van der Waals surface area contributed by atoms with Crippen LogP contribution in [0.1, 0.15) is 28.8 Å². The lowest BCUT2D eigenvalue weighted by Gasteiger charge is -2.04. The molecular weight excluding hydrogens is 250 g/mol. The van der Waals surface area contributed by atoms with Crippen LogP contribution in [-0.4, -0.2) is 20.5 Å². The number of carbonyl (C=O) groups is 1. The lowest BCUT2D eigenvalue weighted by molar-refractivity contribution is 0.0986. The van der Waals surface area contributed by atoms with Gasteiger partial charge in [0.15, 0.2) is 5.78 Å². The molecule has 4 nitrogen and oxygen atoms in total. The highest BCUT2D eigenvalue weighted by atomic mass is 35.5. The lowest BCUT2D eigenvalue weighted by atomic mass is 10.1. The first-order valence-corrected chi connectivity index (χ1v) is 6.16. The summed E-state index contributed by atoms with van der Waals surface area (Å²) in [6.07, 6.45) is 1.84. The molecule has 2 rings (SSSR count). The van der Waals surface area contributed by atoms with Crippen LogP contribution in [0.3, 0.4) is 0 Å². The standard InChI is InChI=1S/C13H14ClN3O/c1-3-17-10(7-9(2)16-17)8-12(18)13-11(14)5-4-6-15-13/h4-7H,3,8H2,1-2H3. The van der Waals surface area contributed by atoms with Gasteiger partial charge < -0.3 is 0 Å². The monoisotopic (exact) mass is 263 g/mol. The van der Waals surface area contributed by atoms with Gasteiger partial charge in [-0.1, -0.05) is 11.6 Å². The number of rotatable bonds is 4. The molecule has 18 heavy (non-hydrogen) atoms. The summed E-state index contributed by atoms with van der Waals surface area (Å²) in [5.74, 6) is -0.0878. The highest BCUT2D eigenvalue weighted by Crippen LogP contribution is 2.15. The van der Waals surface area contributed by atoms with Crippen molar-refractivity contribution in [2.45, 2.75) is 26.8 Å². The normalized spacial score (nSPS) is 10.6. The Labute approximate surface area is 111 Å². The molecule has 0 bridgehead atoms. The first-order chi connectivity index (χ1) is 8.61. The molecule has 0 aliphatic rings. The van der Waals surface area contributed by atoms with Crippen LogP contribution in [0.15, 0.2) is 24.4 Å². The summed E-state index contributed by atoms with van der Waals surface area (Å²) in [5, 5.41) is 4.70. The van der Waals surface area contributed by atoms with Gasteiger partial charge in [0.05, 0.1) is 17.1 Å². The summed E-state index contributed by atoms with van der Waals surface area (Å²) < 4.78 is 1.82. The Morgan fingerprint density at radius 3 is 2.94 bits per heavy atom. The van der Waals surface area contributed by atoms with Crippen LogP contribution in [0.5, 0.6) is 0 Å². The number of pyridine rings is 1. The zero-order valence-electron chi connectivity index (χ0n) is 10.4. The first-order valence-electron chi connectivity index (χ1n) is 5.79. The van der Waals surface area contributed by atoms with Crippen LogP contribution in [0.2, 0.25) is 5.02 Å². The van der Waals surface area contributed by atoms with Crippen LogP contribution in [0.25, 0.3) is 0 Å². The van der Waals surface area contributed by atoms with Crippen molar-refractivity contribution in [1.29, 1.82) is 0 Å². The molecule has 0 amide bonds. The van der Waals surface area contributed by atoms with Crippen molar-refractivity contribution >= 4 is 17.4 Å². The van der Waals surface area contributed by atoms with Crippen molar-refractivity contribution in [3.8, 4) is 0 Å². The van der Waals surface area contributed by atoms with E-state index >= 15 is 0 Å². The van der Waals surface area contributed by atoms with Gasteiger partial charge in [0.1, 0.15) is 5.69 Å². The van der Waals surface area contributed by atoms with E-state index in [1.54, 1.807) is 18.3 Å². The van der Waals surface area contributed by atoms with E-state index in [-0.39, 0.29) is 12.2 Å². The Kier molecular flexibility index (Phi) is 3.77. The number of carbonyl (C=O) groups excluding carboxylic acids is 1. The summed E-state index contributed by atoms with van der Waals surface area (Å²) in [4.78, 5) is 16.1. The molecule has 0 radical (unpaired) electrons. The molecule has 94 valence electrons. The maximum atomic E-state index is 12.1. The average Bonchev–Trinajstić information content (AvgIpc) is 2.70. The fraction of sp³-hybridized carbons (Fsp3) is 0.308. The van der Waals surface area contributed by atoms with Crippen LogP contribution >= 0.6 is 11.6 Å². The van der Waals surface area contributed by atoms with Crippen LogP contribution in [0, 0.1) is 6.92 Å². The van der Waals surface area contributed by atoms with E-state index < -0.39 is 0 Å². The number of halogens is 1. The van der Waals surface area contributed by atoms with Crippen LogP contribution in [-0.2, 0) is 13.0 Å². The van der Waals surface area contributed by atoms with E-state index in [1.165, 1.54) is 0 Å². The molecule has 0 aliphatic heterocycles. The van der Waals surface area contributed by atoms with Gasteiger partial charge in [0.25, 0.3) is 0 Å². The van der Waals surface area contributed by atoms with Gasteiger partial charge in [-0.05, 0) is 32.0 Å². The maximum Gasteiger partial charge on any atom is 0.188 e. The molecule has 2 aromatic heterocycles. The predicted octanol–water partition coefficient (Wildman–Crippen LogP) is 2.69. The molecule has 2 aromatic rings. The second kappa shape index (κ2) is 5.31. The Morgan fingerprint density at radius 2 is 2.28 bits per heavy atom. The van der Waals surface area contributed by atoms with Crippen molar-refractivity contribution < 1.29 is 4.79 Å². The molecule has 0 aliphatic carbocycles. The van der Waals surface area contributed by atoms with Gasteiger partial charge in [0.2, 0.25) is 0 Å². The molecule has 0 atom stereocenters. The number of aromatic nitrogens is 3. The van der Waals surface area contributed by atoms with Gasteiger partial charge in [-0.3, -0.25) is 14.5 Å². The Hall–Kier alpha value is -1.68. The zero-order chi connectivity index (χ0) is 13.1. The predicted molar refractivity (Wildman–Crippen MR) is 69.9 cm³/mol. The Balaban J connectivity index is 2.24. The van der Waals surface area contributed by atoms with Crippen molar-refractivity contribution in [1.82, 2.24) is 14.8 Å². The first kappa shape index (κ1) is 12.8. The second-order valence-electron chi connectivity index (χ2n) is 4.03. The third-order valence-electron chi connectivity index (χ3n) is 2.65. The van der Waals surface area contributed by atoms with Gasteiger partial charge >= 0.3 is 0 Å². The third-order valence-corrected chi connectivity index (χ3v) is 2.95. The van der Waals surface area contributed by atoms with E-state index in [1.807, 2.05) is 24.6 Å². The molecule has 5 heteroatoms. The molecule has 0 saturated heterocycles. The fourth-order valence-corrected chi connectivity index (χ4v) is 2.08. The van der Waals surface area contributed by atoms with Crippen molar-refractivity contribution in [3.63, 3.8) is 0 Å². The van der Waals surface area contributed by atoms with Gasteiger partial charge in [-0.2, -0.15) is 5.10 Å². The number of Topliss-reactive ketones (excluding diaryl/α,β-unsaturated/α-hetero) is 1. The minimum atomic E-state index is -0.0878. The quantitative estimate of drug-likeness (QED) is 0.797. The van der Waals surface area contributed by atoms with Crippen LogP contribution < -0.4 is 0 Å². The lowest BCUT2D eigenvalue weighted by Crippen LogP contribution is -2.11. The topological polar surface area (TPSA) is 47.8 Å². The van der Waals surface area contributed by atoms with E-state index in [0.717, 1.165) is 17.9 Å². The zero-order valence-corrected chi connectivity index (χ0v) is 11.1. The van der Waals surface area contributed by atoms with Gasteiger partial charge in [-0.25, -0.2) is 0 Å². The largest absolute Gasteiger partial charge is 0.292 e. The van der Waals surface area contributed by atoms with Crippen molar-refractivity contribution in [2.75, 3.05) is 0 Å². The summed E-state index contributed by atoms with van der Waals surface area (Å²) in [5.41, 5.74) is 2.12. The van der Waals surface area contributed by atoms with Gasteiger partial charge in [-0.15, -0.1) is 0 Å². The molecule has 2 heterocycles. The highest BCUT2D eigenvalue weighted by Gasteiger charge is 2.15. The molecule has 0 N–H and O–H groups in total. The third kappa shape index (κ3) is 2.59. The number of aryl methyl sites for hydroxylation is 2. The maximum absolute atomic E-state index is 12.1. The number of hydrogen-bond acceptors (Lipinski definition) is 3. The number of ketones is 1. The Bertz CT molecular complexity index is 577.